The molecule has 0 bridgehead atoms. The van der Waals surface area contributed by atoms with Crippen molar-refractivity contribution in [3.63, 3.8) is 0 Å². The molecule has 2 N–H and O–H groups in total. The predicted molar refractivity (Wildman–Crippen MR) is 140 cm³/mol. The molecule has 184 valence electrons. The zero-order valence-electron chi connectivity index (χ0n) is 20.2. The van der Waals surface area contributed by atoms with Crippen LogP contribution in [0.5, 0.6) is 0 Å². The van der Waals surface area contributed by atoms with E-state index in [0.717, 1.165) is 16.5 Å². The highest BCUT2D eigenvalue weighted by atomic mass is 19.1. The van der Waals surface area contributed by atoms with E-state index in [9.17, 15) is 9.59 Å². The molecule has 0 fully saturated rings. The van der Waals surface area contributed by atoms with Gasteiger partial charge < -0.3 is 15.2 Å². The number of H-pyrrole nitrogens is 1. The third-order valence-electron chi connectivity index (χ3n) is 6.35. The van der Waals surface area contributed by atoms with E-state index in [1.165, 1.54) is 12.4 Å². The molecule has 8 heteroatoms. The Morgan fingerprint density at radius 3 is 2.73 bits per heavy atom. The zero-order chi connectivity index (χ0) is 25.8. The van der Waals surface area contributed by atoms with Crippen LogP contribution in [0, 0.1) is 17.7 Å². The van der Waals surface area contributed by atoms with Crippen LogP contribution in [0.4, 0.5) is 4.39 Å². The minimum atomic E-state index is -0.433. The molecule has 4 aromatic rings. The monoisotopic (exact) mass is 493 g/mol. The van der Waals surface area contributed by atoms with E-state index in [1.54, 1.807) is 48.2 Å². The largest absolute Gasteiger partial charge is 0.348 e. The van der Waals surface area contributed by atoms with Crippen LogP contribution in [0.15, 0.2) is 67.1 Å². The van der Waals surface area contributed by atoms with E-state index in [2.05, 4.69) is 32.1 Å². The van der Waals surface area contributed by atoms with Crippen LogP contribution >= 0.6 is 0 Å². The predicted octanol–water partition coefficient (Wildman–Crippen LogP) is 4.33. The summed E-state index contributed by atoms with van der Waals surface area (Å²) in [6, 6.07) is 13.7. The number of halogens is 1. The molecule has 0 saturated carbocycles. The normalized spacial score (nSPS) is 13.0. The fourth-order valence-corrected chi connectivity index (χ4v) is 4.42. The van der Waals surface area contributed by atoms with Crippen LogP contribution in [0.25, 0.3) is 27.9 Å². The number of benzene rings is 2. The molecule has 2 aromatic carbocycles. The van der Waals surface area contributed by atoms with Crippen LogP contribution in [0.2, 0.25) is 0 Å². The lowest BCUT2D eigenvalue weighted by Crippen LogP contribution is -2.33. The highest BCUT2D eigenvalue weighted by Gasteiger charge is 2.21. The summed E-state index contributed by atoms with van der Waals surface area (Å²) in [6.45, 7) is 2.75. The van der Waals surface area contributed by atoms with Crippen molar-refractivity contribution in [1.82, 2.24) is 25.2 Å². The zero-order valence-corrected chi connectivity index (χ0v) is 20.2. The highest BCUT2D eigenvalue weighted by Crippen LogP contribution is 2.34. The van der Waals surface area contributed by atoms with E-state index < -0.39 is 5.82 Å². The molecule has 0 unspecified atom stereocenters. The summed E-state index contributed by atoms with van der Waals surface area (Å²) in [5.41, 5.74) is 4.76. The number of fused-ring (bicyclic) bond motifs is 1. The van der Waals surface area contributed by atoms with Gasteiger partial charge in [-0.05, 0) is 43.0 Å². The number of carbonyl (C=O) groups is 2. The highest BCUT2D eigenvalue weighted by molar-refractivity contribution is 6.00. The van der Waals surface area contributed by atoms with E-state index in [-0.39, 0.29) is 18.4 Å². The van der Waals surface area contributed by atoms with Gasteiger partial charge in [0, 0.05) is 48.1 Å². The van der Waals surface area contributed by atoms with E-state index in [0.29, 0.717) is 47.5 Å². The van der Waals surface area contributed by atoms with Crippen LogP contribution in [-0.2, 0) is 11.3 Å². The molecule has 0 aliphatic carbocycles. The van der Waals surface area contributed by atoms with Crippen molar-refractivity contribution < 1.29 is 14.0 Å². The molecule has 2 amide bonds. The fraction of sp³-hybridized carbons (Fsp3) is 0.172. The van der Waals surface area contributed by atoms with Crippen molar-refractivity contribution in [2.45, 2.75) is 19.9 Å². The SMILES string of the molecule is CC#CC(=O)N1CC=C(c2c[nH]c3ncnc(-c4ccc(CNC(=O)c5ccccc5)c(F)c4)c23)CC1. The maximum absolute atomic E-state index is 15.1. The van der Waals surface area contributed by atoms with Crippen molar-refractivity contribution >= 4 is 28.4 Å². The van der Waals surface area contributed by atoms with Crippen molar-refractivity contribution in [3.05, 3.63) is 89.6 Å². The first-order valence-electron chi connectivity index (χ1n) is 11.9. The Morgan fingerprint density at radius 2 is 2.00 bits per heavy atom. The van der Waals surface area contributed by atoms with Gasteiger partial charge in [0.1, 0.15) is 17.8 Å². The second-order valence-corrected chi connectivity index (χ2v) is 8.61. The van der Waals surface area contributed by atoms with Gasteiger partial charge >= 0.3 is 0 Å². The number of nitrogens with one attached hydrogen (secondary N) is 2. The van der Waals surface area contributed by atoms with Crippen molar-refractivity contribution in [1.29, 1.82) is 0 Å². The topological polar surface area (TPSA) is 91.0 Å². The Kier molecular flexibility index (Phi) is 6.77. The van der Waals surface area contributed by atoms with Gasteiger partial charge in [-0.3, -0.25) is 9.59 Å². The van der Waals surface area contributed by atoms with Crippen LogP contribution in [0.3, 0.4) is 0 Å². The molecule has 5 rings (SSSR count). The van der Waals surface area contributed by atoms with Gasteiger partial charge in [0.25, 0.3) is 11.8 Å². The summed E-state index contributed by atoms with van der Waals surface area (Å²) in [7, 11) is 0. The standard InChI is InChI=1S/C29H24FN5O2/c1-2-6-25(36)35-13-11-19(12-14-35)23-17-31-28-26(23)27(33-18-34-28)21-9-10-22(24(30)15-21)16-32-29(37)20-7-4-3-5-8-20/h3-5,7-11,15,17-18H,12-14,16H2,1H3,(H,32,37)(H,31,33,34). The van der Waals surface area contributed by atoms with Crippen LogP contribution in [-0.4, -0.2) is 44.8 Å². The third kappa shape index (κ3) is 4.98. The average Bonchev–Trinajstić information content (AvgIpc) is 3.37. The van der Waals surface area contributed by atoms with Gasteiger partial charge in [-0.2, -0.15) is 0 Å². The molecule has 7 nitrogen and oxygen atoms in total. The van der Waals surface area contributed by atoms with Gasteiger partial charge in [-0.1, -0.05) is 42.3 Å². The second kappa shape index (κ2) is 10.5. The number of amides is 2. The molecular formula is C29H24FN5O2. The molecule has 1 aliphatic heterocycles. The van der Waals surface area contributed by atoms with Gasteiger partial charge in [-0.25, -0.2) is 14.4 Å². The van der Waals surface area contributed by atoms with Crippen LogP contribution in [0.1, 0.15) is 34.8 Å². The first-order valence-corrected chi connectivity index (χ1v) is 11.9. The summed E-state index contributed by atoms with van der Waals surface area (Å²) in [5.74, 6) is 4.35. The van der Waals surface area contributed by atoms with Crippen molar-refractivity contribution in [3.8, 4) is 23.1 Å². The Bertz CT molecular complexity index is 1580. The number of rotatable bonds is 5. The third-order valence-corrected chi connectivity index (χ3v) is 6.35. The summed E-state index contributed by atoms with van der Waals surface area (Å²) < 4.78 is 15.1. The van der Waals surface area contributed by atoms with E-state index in [4.69, 9.17) is 0 Å². The number of hydrogen-bond donors (Lipinski definition) is 2. The van der Waals surface area contributed by atoms with Crippen LogP contribution < -0.4 is 5.32 Å². The lowest BCUT2D eigenvalue weighted by molar-refractivity contribution is -0.124. The summed E-state index contributed by atoms with van der Waals surface area (Å²) >= 11 is 0. The lowest BCUT2D eigenvalue weighted by atomic mass is 9.96. The van der Waals surface area contributed by atoms with E-state index >= 15 is 4.39 Å². The Morgan fingerprint density at radius 1 is 1.16 bits per heavy atom. The quantitative estimate of drug-likeness (QED) is 0.405. The Hall–Kier alpha value is -4.77. The molecule has 0 spiro atoms. The van der Waals surface area contributed by atoms with Gasteiger partial charge in [0.05, 0.1) is 11.1 Å². The van der Waals surface area contributed by atoms with Gasteiger partial charge in [0.2, 0.25) is 0 Å². The van der Waals surface area contributed by atoms with Gasteiger partial charge in [-0.15, -0.1) is 0 Å². The van der Waals surface area contributed by atoms with E-state index in [1.807, 2.05) is 18.3 Å². The molecule has 0 radical (unpaired) electrons. The first-order chi connectivity index (χ1) is 18.0. The summed E-state index contributed by atoms with van der Waals surface area (Å²) in [4.78, 5) is 38.1. The smallest absolute Gasteiger partial charge is 0.298 e. The summed E-state index contributed by atoms with van der Waals surface area (Å²) in [5, 5.41) is 3.56. The van der Waals surface area contributed by atoms with Crippen molar-refractivity contribution in [2.24, 2.45) is 0 Å². The Balaban J connectivity index is 1.40. The number of hydrogen-bond acceptors (Lipinski definition) is 4. The number of aromatic amines is 1. The molecule has 3 heterocycles. The maximum Gasteiger partial charge on any atom is 0.298 e. The minimum Gasteiger partial charge on any atom is -0.348 e. The first kappa shape index (κ1) is 23.9. The second-order valence-electron chi connectivity index (χ2n) is 8.61. The minimum absolute atomic E-state index is 0.0684. The molecule has 0 atom stereocenters. The fourth-order valence-electron chi connectivity index (χ4n) is 4.42. The average molecular weight is 494 g/mol. The number of aromatic nitrogens is 3. The maximum atomic E-state index is 15.1. The molecular weight excluding hydrogens is 469 g/mol. The number of carbonyl (C=O) groups excluding carboxylic acids is 2. The van der Waals surface area contributed by atoms with Crippen molar-refractivity contribution in [2.75, 3.05) is 13.1 Å². The Labute approximate surface area is 213 Å². The molecule has 2 aromatic heterocycles. The lowest BCUT2D eigenvalue weighted by Gasteiger charge is -2.24. The number of nitrogens with zero attached hydrogens (tertiary/aromatic N) is 3. The molecule has 0 saturated heterocycles. The van der Waals surface area contributed by atoms with Gasteiger partial charge in [0.15, 0.2) is 0 Å². The summed E-state index contributed by atoms with van der Waals surface area (Å²) in [6.07, 6.45) is 5.99. The molecule has 37 heavy (non-hydrogen) atoms. The molecule has 1 aliphatic rings.